The van der Waals surface area contributed by atoms with E-state index < -0.39 is 0 Å². The molecule has 5 heteroatoms. The van der Waals surface area contributed by atoms with Gasteiger partial charge >= 0.3 is 0 Å². The topological polar surface area (TPSA) is 34.4 Å². The molecule has 1 aromatic carbocycles. The quantitative estimate of drug-likeness (QED) is 0.917. The van der Waals surface area contributed by atoms with E-state index in [4.69, 9.17) is 9.15 Å². The van der Waals surface area contributed by atoms with Crippen LogP contribution in [-0.2, 0) is 13.2 Å². The lowest BCUT2D eigenvalue weighted by Crippen LogP contribution is -2.03. The average molecular weight is 314 g/mol. The number of halogens is 2. The fourth-order valence-electron chi connectivity index (χ4n) is 1.54. The zero-order chi connectivity index (χ0) is 13.0. The van der Waals surface area contributed by atoms with Crippen LogP contribution in [0.4, 0.5) is 4.39 Å². The summed E-state index contributed by atoms with van der Waals surface area (Å²) in [6, 6.07) is 8.16. The first kappa shape index (κ1) is 13.1. The summed E-state index contributed by atoms with van der Waals surface area (Å²) in [5, 5.41) is 3.00. The maximum absolute atomic E-state index is 13.1. The van der Waals surface area contributed by atoms with Crippen LogP contribution in [0.1, 0.15) is 11.5 Å². The highest BCUT2D eigenvalue weighted by atomic mass is 79.9. The molecule has 3 nitrogen and oxygen atoms in total. The second kappa shape index (κ2) is 6.02. The zero-order valence-corrected chi connectivity index (χ0v) is 11.5. The molecule has 96 valence electrons. The van der Waals surface area contributed by atoms with E-state index in [1.54, 1.807) is 6.07 Å². The number of hydrogen-bond donors (Lipinski definition) is 1. The summed E-state index contributed by atoms with van der Waals surface area (Å²) in [4.78, 5) is 0. The fourth-order valence-corrected chi connectivity index (χ4v) is 1.98. The van der Waals surface area contributed by atoms with Gasteiger partial charge in [0.1, 0.15) is 29.7 Å². The Morgan fingerprint density at radius 2 is 2.06 bits per heavy atom. The van der Waals surface area contributed by atoms with Crippen LogP contribution in [0.5, 0.6) is 5.75 Å². The van der Waals surface area contributed by atoms with Crippen molar-refractivity contribution in [3.63, 3.8) is 0 Å². The molecule has 0 radical (unpaired) electrons. The van der Waals surface area contributed by atoms with Gasteiger partial charge in [-0.1, -0.05) is 15.9 Å². The van der Waals surface area contributed by atoms with Crippen molar-refractivity contribution in [3.05, 3.63) is 52.1 Å². The monoisotopic (exact) mass is 313 g/mol. The molecule has 18 heavy (non-hydrogen) atoms. The largest absolute Gasteiger partial charge is 0.486 e. The lowest BCUT2D eigenvalue weighted by Gasteiger charge is -2.05. The first-order valence-corrected chi connectivity index (χ1v) is 6.28. The van der Waals surface area contributed by atoms with E-state index in [-0.39, 0.29) is 12.4 Å². The highest BCUT2D eigenvalue weighted by Gasteiger charge is 2.04. The number of benzene rings is 1. The van der Waals surface area contributed by atoms with Gasteiger partial charge in [0.2, 0.25) is 0 Å². The Labute approximate surface area is 113 Å². The molecule has 0 aliphatic heterocycles. The molecule has 0 aliphatic rings. The Morgan fingerprint density at radius 1 is 1.28 bits per heavy atom. The minimum absolute atomic E-state index is 0.277. The molecule has 0 spiro atoms. The van der Waals surface area contributed by atoms with E-state index in [9.17, 15) is 4.39 Å². The van der Waals surface area contributed by atoms with Gasteiger partial charge in [0.25, 0.3) is 0 Å². The molecular formula is C13H13BrFNO2. The second-order valence-corrected chi connectivity index (χ2v) is 4.71. The van der Waals surface area contributed by atoms with Crippen molar-refractivity contribution < 1.29 is 13.5 Å². The van der Waals surface area contributed by atoms with Gasteiger partial charge in [0.15, 0.2) is 0 Å². The summed E-state index contributed by atoms with van der Waals surface area (Å²) in [5.74, 6) is 1.68. The van der Waals surface area contributed by atoms with Gasteiger partial charge in [-0.2, -0.15) is 0 Å². The minimum Gasteiger partial charge on any atom is -0.486 e. The van der Waals surface area contributed by atoms with Crippen LogP contribution in [0.2, 0.25) is 0 Å². The van der Waals surface area contributed by atoms with Crippen molar-refractivity contribution in [1.29, 1.82) is 0 Å². The summed E-state index contributed by atoms with van der Waals surface area (Å²) in [6.45, 7) is 0.950. The van der Waals surface area contributed by atoms with Gasteiger partial charge in [-0.25, -0.2) is 4.39 Å². The Morgan fingerprint density at radius 3 is 2.78 bits per heavy atom. The molecule has 0 saturated carbocycles. The van der Waals surface area contributed by atoms with Crippen LogP contribution >= 0.6 is 15.9 Å². The molecule has 0 aliphatic carbocycles. The van der Waals surface area contributed by atoms with Crippen molar-refractivity contribution in [1.82, 2.24) is 5.32 Å². The Bertz CT molecular complexity index is 507. The maximum Gasteiger partial charge on any atom is 0.146 e. The normalized spacial score (nSPS) is 10.6. The highest BCUT2D eigenvalue weighted by Crippen LogP contribution is 2.21. The van der Waals surface area contributed by atoms with Crippen molar-refractivity contribution in [3.8, 4) is 5.75 Å². The van der Waals surface area contributed by atoms with Gasteiger partial charge in [0, 0.05) is 10.5 Å². The Balaban J connectivity index is 1.97. The fraction of sp³-hybridized carbons (Fsp3) is 0.231. The minimum atomic E-state index is -0.338. The Kier molecular flexibility index (Phi) is 4.38. The lowest BCUT2D eigenvalue weighted by molar-refractivity contribution is 0.264. The van der Waals surface area contributed by atoms with Crippen LogP contribution in [0.25, 0.3) is 0 Å². The molecule has 2 rings (SSSR count). The Hall–Kier alpha value is -1.33. The van der Waals surface area contributed by atoms with Crippen LogP contribution < -0.4 is 10.1 Å². The maximum atomic E-state index is 13.1. The number of nitrogens with one attached hydrogen (secondary N) is 1. The predicted molar refractivity (Wildman–Crippen MR) is 69.9 cm³/mol. The predicted octanol–water partition coefficient (Wildman–Crippen LogP) is 3.48. The highest BCUT2D eigenvalue weighted by molar-refractivity contribution is 9.10. The number of ether oxygens (including phenoxy) is 1. The van der Waals surface area contributed by atoms with Crippen LogP contribution in [0, 0.1) is 5.82 Å². The molecule has 0 fully saturated rings. The van der Waals surface area contributed by atoms with Gasteiger partial charge < -0.3 is 14.5 Å². The third-order valence-corrected chi connectivity index (χ3v) is 2.74. The van der Waals surface area contributed by atoms with Crippen molar-refractivity contribution >= 4 is 15.9 Å². The first-order valence-electron chi connectivity index (χ1n) is 5.48. The third kappa shape index (κ3) is 3.58. The van der Waals surface area contributed by atoms with Gasteiger partial charge in [-0.05, 0) is 31.3 Å². The van der Waals surface area contributed by atoms with E-state index in [1.165, 1.54) is 12.1 Å². The van der Waals surface area contributed by atoms with Crippen LogP contribution in [-0.4, -0.2) is 7.05 Å². The van der Waals surface area contributed by atoms with Gasteiger partial charge in [-0.15, -0.1) is 0 Å². The van der Waals surface area contributed by atoms with E-state index in [2.05, 4.69) is 21.2 Å². The van der Waals surface area contributed by atoms with E-state index >= 15 is 0 Å². The SMILES string of the molecule is CNCc1ccc(COc2cc(F)cc(Br)c2)o1. The molecule has 2 aromatic rings. The van der Waals surface area contributed by atoms with E-state index in [1.807, 2.05) is 19.2 Å². The van der Waals surface area contributed by atoms with E-state index in [0.717, 1.165) is 5.76 Å². The standard InChI is InChI=1S/C13H13BrFNO2/c1-16-7-11-2-3-12(18-11)8-17-13-5-9(14)4-10(15)6-13/h2-6,16H,7-8H2,1H3. The third-order valence-electron chi connectivity index (χ3n) is 2.29. The zero-order valence-electron chi connectivity index (χ0n) is 9.87. The van der Waals surface area contributed by atoms with Crippen LogP contribution in [0.3, 0.4) is 0 Å². The molecule has 1 heterocycles. The van der Waals surface area contributed by atoms with E-state index in [0.29, 0.717) is 22.5 Å². The number of rotatable bonds is 5. The molecule has 0 amide bonds. The molecule has 0 unspecified atom stereocenters. The molecule has 1 aromatic heterocycles. The number of furan rings is 1. The molecular weight excluding hydrogens is 301 g/mol. The molecule has 0 bridgehead atoms. The molecule has 0 saturated heterocycles. The molecule has 1 N–H and O–H groups in total. The summed E-state index contributed by atoms with van der Waals surface area (Å²) in [6.07, 6.45) is 0. The van der Waals surface area contributed by atoms with Crippen molar-refractivity contribution in [2.24, 2.45) is 0 Å². The van der Waals surface area contributed by atoms with Gasteiger partial charge in [-0.3, -0.25) is 0 Å². The smallest absolute Gasteiger partial charge is 0.146 e. The summed E-state index contributed by atoms with van der Waals surface area (Å²) in [5.41, 5.74) is 0. The first-order chi connectivity index (χ1) is 8.67. The summed E-state index contributed by atoms with van der Waals surface area (Å²) < 4.78 is 24.7. The van der Waals surface area contributed by atoms with Crippen molar-refractivity contribution in [2.75, 3.05) is 7.05 Å². The lowest BCUT2D eigenvalue weighted by atomic mass is 10.3. The van der Waals surface area contributed by atoms with Crippen LogP contribution in [0.15, 0.2) is 39.2 Å². The summed E-state index contributed by atoms with van der Waals surface area (Å²) in [7, 11) is 1.85. The average Bonchev–Trinajstić information content (AvgIpc) is 2.74. The van der Waals surface area contributed by atoms with Gasteiger partial charge in [0.05, 0.1) is 6.54 Å². The second-order valence-electron chi connectivity index (χ2n) is 3.79. The number of hydrogen-bond acceptors (Lipinski definition) is 3. The summed E-state index contributed by atoms with van der Waals surface area (Å²) >= 11 is 3.21. The van der Waals surface area contributed by atoms with Crippen molar-refractivity contribution in [2.45, 2.75) is 13.2 Å². The molecule has 0 atom stereocenters.